The Morgan fingerprint density at radius 3 is 2.83 bits per heavy atom. The second-order valence-corrected chi connectivity index (χ2v) is 5.19. The van der Waals surface area contributed by atoms with Gasteiger partial charge >= 0.3 is 0 Å². The van der Waals surface area contributed by atoms with Gasteiger partial charge in [-0.2, -0.15) is 0 Å². The van der Waals surface area contributed by atoms with Crippen molar-refractivity contribution in [3.8, 4) is 0 Å². The third-order valence-electron chi connectivity index (χ3n) is 1.81. The molecule has 1 saturated heterocycles. The van der Waals surface area contributed by atoms with Crippen molar-refractivity contribution in [2.24, 2.45) is 0 Å². The zero-order chi connectivity index (χ0) is 9.03. The smallest absolute Gasteiger partial charge is 0.168 e. The number of hydrogen-bond donors (Lipinski definition) is 1. The minimum Gasteiger partial charge on any atom is -0.377 e. The van der Waals surface area contributed by atoms with Crippen LogP contribution in [-0.2, 0) is 14.6 Å². The van der Waals surface area contributed by atoms with Crippen molar-refractivity contribution in [3.63, 3.8) is 0 Å². The molecule has 0 spiro atoms. The van der Waals surface area contributed by atoms with Gasteiger partial charge < -0.3 is 4.74 Å². The molecule has 0 aromatic rings. The third kappa shape index (κ3) is 2.43. The Balaban J connectivity index is 2.54. The summed E-state index contributed by atoms with van der Waals surface area (Å²) >= 11 is 0. The van der Waals surface area contributed by atoms with Gasteiger partial charge in [0.15, 0.2) is 9.84 Å². The number of morpholine rings is 1. The summed E-state index contributed by atoms with van der Waals surface area (Å²) in [6.07, 6.45) is 0.667. The molecule has 0 amide bonds. The Morgan fingerprint density at radius 1 is 1.58 bits per heavy atom. The van der Waals surface area contributed by atoms with Crippen molar-refractivity contribution < 1.29 is 13.2 Å². The van der Waals surface area contributed by atoms with E-state index in [2.05, 4.69) is 5.32 Å². The van der Waals surface area contributed by atoms with Crippen molar-refractivity contribution in [3.05, 3.63) is 0 Å². The van der Waals surface area contributed by atoms with Gasteiger partial charge in [-0.25, -0.2) is 8.42 Å². The number of rotatable bonds is 3. The molecule has 0 bridgehead atoms. The zero-order valence-corrected chi connectivity index (χ0v) is 8.06. The van der Waals surface area contributed by atoms with Crippen LogP contribution in [0.2, 0.25) is 0 Å². The maximum absolute atomic E-state index is 11.4. The molecule has 0 aromatic carbocycles. The minimum absolute atomic E-state index is 0.244. The van der Waals surface area contributed by atoms with Crippen LogP contribution in [0.15, 0.2) is 0 Å². The van der Waals surface area contributed by atoms with E-state index in [0.29, 0.717) is 26.2 Å². The molecule has 1 N–H and O–H groups in total. The number of nitrogens with one attached hydrogen (secondary N) is 1. The molecule has 0 aromatic heterocycles. The molecule has 5 heteroatoms. The first-order valence-electron chi connectivity index (χ1n) is 4.19. The summed E-state index contributed by atoms with van der Waals surface area (Å²) in [6, 6.07) is 0. The van der Waals surface area contributed by atoms with Crippen LogP contribution in [0.3, 0.4) is 0 Å². The number of ether oxygens (including phenoxy) is 1. The Hall–Kier alpha value is -0.130. The molecule has 0 aliphatic carbocycles. The molecule has 1 unspecified atom stereocenters. The monoisotopic (exact) mass is 193 g/mol. The van der Waals surface area contributed by atoms with Crippen LogP contribution in [0.4, 0.5) is 0 Å². The zero-order valence-electron chi connectivity index (χ0n) is 7.25. The third-order valence-corrected chi connectivity index (χ3v) is 3.96. The highest BCUT2D eigenvalue weighted by Gasteiger charge is 2.26. The molecular formula is C7H15NO3S. The highest BCUT2D eigenvalue weighted by Crippen LogP contribution is 2.04. The predicted molar refractivity (Wildman–Crippen MR) is 46.7 cm³/mol. The second-order valence-electron chi connectivity index (χ2n) is 2.88. The normalized spacial score (nSPS) is 25.6. The van der Waals surface area contributed by atoms with Crippen molar-refractivity contribution in [2.45, 2.75) is 18.7 Å². The minimum atomic E-state index is -2.97. The Bertz CT molecular complexity index is 219. The highest BCUT2D eigenvalue weighted by molar-refractivity contribution is 7.92. The molecule has 1 aliphatic heterocycles. The molecule has 1 heterocycles. The van der Waals surface area contributed by atoms with Crippen molar-refractivity contribution >= 4 is 9.84 Å². The van der Waals surface area contributed by atoms with E-state index in [-0.39, 0.29) is 5.75 Å². The summed E-state index contributed by atoms with van der Waals surface area (Å²) in [7, 11) is -2.97. The van der Waals surface area contributed by atoms with Crippen molar-refractivity contribution in [1.29, 1.82) is 0 Å². The molecule has 4 nitrogen and oxygen atoms in total. The van der Waals surface area contributed by atoms with E-state index in [9.17, 15) is 8.42 Å². The van der Waals surface area contributed by atoms with Gasteiger partial charge in [0, 0.05) is 6.54 Å². The summed E-state index contributed by atoms with van der Waals surface area (Å²) in [5.41, 5.74) is 0. The lowest BCUT2D eigenvalue weighted by atomic mass is 10.5. The fourth-order valence-electron chi connectivity index (χ4n) is 1.20. The lowest BCUT2D eigenvalue weighted by Crippen LogP contribution is -2.47. The van der Waals surface area contributed by atoms with Gasteiger partial charge in [-0.05, 0) is 6.42 Å². The van der Waals surface area contributed by atoms with Crippen LogP contribution >= 0.6 is 0 Å². The van der Waals surface area contributed by atoms with Gasteiger partial charge in [-0.3, -0.25) is 5.32 Å². The molecule has 0 radical (unpaired) electrons. The fourth-order valence-corrected chi connectivity index (χ4v) is 2.73. The first kappa shape index (κ1) is 9.95. The van der Waals surface area contributed by atoms with Gasteiger partial charge in [-0.15, -0.1) is 0 Å². The van der Waals surface area contributed by atoms with Gasteiger partial charge in [-0.1, -0.05) is 6.92 Å². The van der Waals surface area contributed by atoms with Gasteiger partial charge in [0.05, 0.1) is 19.0 Å². The lowest BCUT2D eigenvalue weighted by Gasteiger charge is -2.23. The summed E-state index contributed by atoms with van der Waals surface area (Å²) in [4.78, 5) is 0. The van der Waals surface area contributed by atoms with Crippen LogP contribution in [-0.4, -0.2) is 39.3 Å². The van der Waals surface area contributed by atoms with Crippen LogP contribution in [0.5, 0.6) is 0 Å². The van der Waals surface area contributed by atoms with E-state index < -0.39 is 15.2 Å². The van der Waals surface area contributed by atoms with E-state index in [4.69, 9.17) is 4.74 Å². The van der Waals surface area contributed by atoms with E-state index in [1.807, 2.05) is 6.92 Å². The largest absolute Gasteiger partial charge is 0.377 e. The topological polar surface area (TPSA) is 55.4 Å². The van der Waals surface area contributed by atoms with E-state index in [0.717, 1.165) is 0 Å². The summed E-state index contributed by atoms with van der Waals surface area (Å²) in [5, 5.41) is 2.45. The Morgan fingerprint density at radius 2 is 2.33 bits per heavy atom. The average Bonchev–Trinajstić information content (AvgIpc) is 2.06. The summed E-state index contributed by atoms with van der Waals surface area (Å²) < 4.78 is 28.0. The summed E-state index contributed by atoms with van der Waals surface area (Å²) in [6.45, 7) is 3.40. The highest BCUT2D eigenvalue weighted by atomic mass is 32.2. The van der Waals surface area contributed by atoms with Crippen LogP contribution in [0.1, 0.15) is 13.3 Å². The SMILES string of the molecule is CCCS(=O)(=O)C1COCCN1. The van der Waals surface area contributed by atoms with Crippen molar-refractivity contribution in [2.75, 3.05) is 25.5 Å². The first-order chi connectivity index (χ1) is 5.67. The molecule has 1 aliphatic rings. The molecular weight excluding hydrogens is 178 g/mol. The molecule has 72 valence electrons. The van der Waals surface area contributed by atoms with Crippen molar-refractivity contribution in [1.82, 2.24) is 5.32 Å². The predicted octanol–water partition coefficient (Wildman–Crippen LogP) is -0.243. The Kier molecular flexibility index (Phi) is 3.49. The standard InChI is InChI=1S/C7H15NO3S/c1-2-5-12(9,10)7-6-11-4-3-8-7/h7-8H,2-6H2,1H3. The van der Waals surface area contributed by atoms with Crippen LogP contribution in [0, 0.1) is 0 Å². The van der Waals surface area contributed by atoms with Gasteiger partial charge in [0.25, 0.3) is 0 Å². The van der Waals surface area contributed by atoms with Gasteiger partial charge in [0.1, 0.15) is 5.37 Å². The van der Waals surface area contributed by atoms with E-state index in [1.165, 1.54) is 0 Å². The first-order valence-corrected chi connectivity index (χ1v) is 5.91. The number of hydrogen-bond acceptors (Lipinski definition) is 4. The maximum Gasteiger partial charge on any atom is 0.168 e. The molecule has 1 atom stereocenters. The van der Waals surface area contributed by atoms with E-state index in [1.54, 1.807) is 0 Å². The molecule has 1 rings (SSSR count). The average molecular weight is 193 g/mol. The Labute approximate surface area is 73.2 Å². The summed E-state index contributed by atoms with van der Waals surface area (Å²) in [5.74, 6) is 0.244. The van der Waals surface area contributed by atoms with E-state index >= 15 is 0 Å². The fraction of sp³-hybridized carbons (Fsp3) is 1.00. The number of sulfone groups is 1. The molecule has 12 heavy (non-hydrogen) atoms. The quantitative estimate of drug-likeness (QED) is 0.672. The van der Waals surface area contributed by atoms with Crippen LogP contribution < -0.4 is 5.32 Å². The van der Waals surface area contributed by atoms with Gasteiger partial charge in [0.2, 0.25) is 0 Å². The molecule has 0 saturated carbocycles. The lowest BCUT2D eigenvalue weighted by molar-refractivity contribution is 0.0978. The second kappa shape index (κ2) is 4.20. The maximum atomic E-state index is 11.4. The van der Waals surface area contributed by atoms with Crippen LogP contribution in [0.25, 0.3) is 0 Å². The molecule has 1 fully saturated rings.